The highest BCUT2D eigenvalue weighted by molar-refractivity contribution is 7.89. The van der Waals surface area contributed by atoms with Gasteiger partial charge in [-0.05, 0) is 25.5 Å². The second kappa shape index (κ2) is 8.77. The lowest BCUT2D eigenvalue weighted by molar-refractivity contribution is -0.116. The maximum Gasteiger partial charge on any atom is 0.244 e. The zero-order valence-corrected chi connectivity index (χ0v) is 16.0. The molecule has 2 rings (SSSR count). The fraction of sp³-hybridized carbons (Fsp3) is 0.333. The van der Waals surface area contributed by atoms with Gasteiger partial charge in [-0.15, -0.1) is 0 Å². The molecule has 0 aliphatic heterocycles. The van der Waals surface area contributed by atoms with Crippen LogP contribution >= 0.6 is 0 Å². The van der Waals surface area contributed by atoms with E-state index in [9.17, 15) is 13.2 Å². The Labute approximate surface area is 154 Å². The van der Waals surface area contributed by atoms with Gasteiger partial charge in [0.15, 0.2) is 0 Å². The average molecular weight is 376 g/mol. The van der Waals surface area contributed by atoms with Gasteiger partial charge in [-0.3, -0.25) is 9.48 Å². The predicted molar refractivity (Wildman–Crippen MR) is 102 cm³/mol. The van der Waals surface area contributed by atoms with Gasteiger partial charge in [0, 0.05) is 37.5 Å². The fourth-order valence-corrected chi connectivity index (χ4v) is 3.32. The Bertz CT molecular complexity index is 887. The number of aryl methyl sites for hydroxylation is 2. The molecular formula is C18H24N4O3S. The van der Waals surface area contributed by atoms with Crippen LogP contribution in [0.1, 0.15) is 22.5 Å². The second-order valence-electron chi connectivity index (χ2n) is 5.96. The molecule has 1 aromatic heterocycles. The monoisotopic (exact) mass is 376 g/mol. The van der Waals surface area contributed by atoms with E-state index in [1.807, 2.05) is 51.2 Å². The van der Waals surface area contributed by atoms with E-state index in [0.717, 1.165) is 22.5 Å². The number of nitrogens with one attached hydrogen (secondary N) is 2. The molecule has 0 unspecified atom stereocenters. The maximum atomic E-state index is 12.0. The average Bonchev–Trinajstić information content (AvgIpc) is 2.84. The van der Waals surface area contributed by atoms with Crippen molar-refractivity contribution in [3.63, 3.8) is 0 Å². The molecule has 8 heteroatoms. The van der Waals surface area contributed by atoms with Gasteiger partial charge < -0.3 is 5.32 Å². The van der Waals surface area contributed by atoms with Crippen molar-refractivity contribution in [3.05, 3.63) is 58.9 Å². The lowest BCUT2D eigenvalue weighted by Gasteiger charge is -2.07. The summed E-state index contributed by atoms with van der Waals surface area (Å²) in [5, 5.41) is 6.86. The molecule has 0 atom stereocenters. The topological polar surface area (TPSA) is 93.1 Å². The van der Waals surface area contributed by atoms with E-state index in [4.69, 9.17) is 0 Å². The molecule has 1 amide bonds. The third-order valence-corrected chi connectivity index (χ3v) is 5.30. The molecule has 1 heterocycles. The molecule has 2 aromatic rings. The second-order valence-corrected chi connectivity index (χ2v) is 7.88. The molecular weight excluding hydrogens is 352 g/mol. The van der Waals surface area contributed by atoms with Gasteiger partial charge in [-0.2, -0.15) is 5.10 Å². The van der Waals surface area contributed by atoms with Crippen LogP contribution in [-0.4, -0.2) is 36.4 Å². The minimum absolute atomic E-state index is 0.0400. The largest absolute Gasteiger partial charge is 0.351 e. The summed E-state index contributed by atoms with van der Waals surface area (Å²) in [7, 11) is -1.61. The minimum atomic E-state index is -3.45. The number of carbonyl (C=O) groups excluding carboxylic acids is 1. The van der Waals surface area contributed by atoms with E-state index in [1.165, 1.54) is 6.08 Å². The molecule has 2 N–H and O–H groups in total. The summed E-state index contributed by atoms with van der Waals surface area (Å²) in [5.74, 6) is -0.518. The van der Waals surface area contributed by atoms with Crippen LogP contribution in [0.15, 0.2) is 36.4 Å². The smallest absolute Gasteiger partial charge is 0.244 e. The molecule has 0 aliphatic rings. The third kappa shape index (κ3) is 5.82. The van der Waals surface area contributed by atoms with E-state index in [2.05, 4.69) is 15.1 Å². The first kappa shape index (κ1) is 19.9. The van der Waals surface area contributed by atoms with E-state index in [1.54, 1.807) is 10.8 Å². The quantitative estimate of drug-likeness (QED) is 0.679. The lowest BCUT2D eigenvalue weighted by Crippen LogP contribution is -2.33. The van der Waals surface area contributed by atoms with Crippen LogP contribution in [0.2, 0.25) is 0 Å². The number of carbonyl (C=O) groups is 1. The van der Waals surface area contributed by atoms with Crippen molar-refractivity contribution in [1.82, 2.24) is 19.8 Å². The number of aromatic nitrogens is 2. The highest BCUT2D eigenvalue weighted by atomic mass is 32.2. The normalized spacial score (nSPS) is 11.8. The standard InChI is InChI=1S/C18H24N4O3S/c1-14-17(15(2)22(3)21-14)9-10-18(23)19-11-12-26(24,25)20-13-16-7-5-4-6-8-16/h4-10,20H,11-13H2,1-3H3,(H,19,23). The van der Waals surface area contributed by atoms with Crippen molar-refractivity contribution in [3.8, 4) is 0 Å². The number of hydrogen-bond acceptors (Lipinski definition) is 4. The van der Waals surface area contributed by atoms with Gasteiger partial charge >= 0.3 is 0 Å². The molecule has 0 spiro atoms. The van der Waals surface area contributed by atoms with Gasteiger partial charge in [0.2, 0.25) is 15.9 Å². The van der Waals surface area contributed by atoms with E-state index in [0.29, 0.717) is 0 Å². The van der Waals surface area contributed by atoms with Gasteiger partial charge in [-0.1, -0.05) is 30.3 Å². The summed E-state index contributed by atoms with van der Waals surface area (Å²) >= 11 is 0. The third-order valence-electron chi connectivity index (χ3n) is 3.98. The Balaban J connectivity index is 1.79. The van der Waals surface area contributed by atoms with Crippen LogP contribution in [0.5, 0.6) is 0 Å². The van der Waals surface area contributed by atoms with Crippen molar-refractivity contribution in [2.24, 2.45) is 7.05 Å². The molecule has 0 saturated heterocycles. The fourth-order valence-electron chi connectivity index (χ4n) is 2.42. The molecule has 26 heavy (non-hydrogen) atoms. The van der Waals surface area contributed by atoms with E-state index >= 15 is 0 Å². The van der Waals surface area contributed by atoms with Crippen LogP contribution < -0.4 is 10.0 Å². The zero-order valence-electron chi connectivity index (χ0n) is 15.2. The molecule has 140 valence electrons. The summed E-state index contributed by atoms with van der Waals surface area (Å²) in [6.45, 7) is 4.06. The van der Waals surface area contributed by atoms with Crippen molar-refractivity contribution in [2.45, 2.75) is 20.4 Å². The van der Waals surface area contributed by atoms with Gasteiger partial charge in [0.05, 0.1) is 11.4 Å². The maximum absolute atomic E-state index is 12.0. The SMILES string of the molecule is Cc1nn(C)c(C)c1C=CC(=O)NCCS(=O)(=O)NCc1ccccc1. The lowest BCUT2D eigenvalue weighted by atomic mass is 10.2. The summed E-state index contributed by atoms with van der Waals surface area (Å²) in [6, 6.07) is 9.26. The van der Waals surface area contributed by atoms with Crippen molar-refractivity contribution < 1.29 is 13.2 Å². The van der Waals surface area contributed by atoms with Gasteiger partial charge in [0.1, 0.15) is 0 Å². The molecule has 0 saturated carbocycles. The highest BCUT2D eigenvalue weighted by Crippen LogP contribution is 2.13. The molecule has 1 aromatic carbocycles. The zero-order chi connectivity index (χ0) is 19.2. The summed E-state index contributed by atoms with van der Waals surface area (Å²) in [6.07, 6.45) is 3.08. The summed E-state index contributed by atoms with van der Waals surface area (Å²) in [5.41, 5.74) is 3.56. The van der Waals surface area contributed by atoms with Crippen LogP contribution in [-0.2, 0) is 28.4 Å². The molecule has 0 bridgehead atoms. The van der Waals surface area contributed by atoms with E-state index < -0.39 is 10.0 Å². The molecule has 0 radical (unpaired) electrons. The molecule has 0 fully saturated rings. The summed E-state index contributed by atoms with van der Waals surface area (Å²) < 4.78 is 28.2. The van der Waals surface area contributed by atoms with Crippen LogP contribution in [0, 0.1) is 13.8 Å². The summed E-state index contributed by atoms with van der Waals surface area (Å²) in [4.78, 5) is 11.9. The van der Waals surface area contributed by atoms with Crippen LogP contribution in [0.4, 0.5) is 0 Å². The minimum Gasteiger partial charge on any atom is -0.351 e. The Morgan fingerprint density at radius 2 is 1.92 bits per heavy atom. The van der Waals surface area contributed by atoms with Crippen LogP contribution in [0.3, 0.4) is 0 Å². The first-order chi connectivity index (χ1) is 12.3. The number of benzene rings is 1. The van der Waals surface area contributed by atoms with Gasteiger partial charge in [0.25, 0.3) is 0 Å². The Kier molecular flexibility index (Phi) is 6.70. The van der Waals surface area contributed by atoms with Crippen molar-refractivity contribution in [1.29, 1.82) is 0 Å². The number of sulfonamides is 1. The predicted octanol–water partition coefficient (Wildman–Crippen LogP) is 1.29. The first-order valence-electron chi connectivity index (χ1n) is 8.26. The van der Waals surface area contributed by atoms with Crippen molar-refractivity contribution in [2.75, 3.05) is 12.3 Å². The Morgan fingerprint density at radius 1 is 1.23 bits per heavy atom. The van der Waals surface area contributed by atoms with Gasteiger partial charge in [-0.25, -0.2) is 13.1 Å². The van der Waals surface area contributed by atoms with Crippen LogP contribution in [0.25, 0.3) is 6.08 Å². The number of amides is 1. The Hall–Kier alpha value is -2.45. The molecule has 0 aliphatic carbocycles. The van der Waals surface area contributed by atoms with Crippen molar-refractivity contribution >= 4 is 22.0 Å². The number of hydrogen-bond donors (Lipinski definition) is 2. The number of rotatable bonds is 8. The highest BCUT2D eigenvalue weighted by Gasteiger charge is 2.10. The Morgan fingerprint density at radius 3 is 2.54 bits per heavy atom. The molecule has 7 nitrogen and oxygen atoms in total. The van der Waals surface area contributed by atoms with E-state index in [-0.39, 0.29) is 24.7 Å². The first-order valence-corrected chi connectivity index (χ1v) is 9.91. The number of nitrogens with zero attached hydrogens (tertiary/aromatic N) is 2.